The molecule has 0 aliphatic carbocycles. The van der Waals surface area contributed by atoms with Gasteiger partial charge in [-0.05, 0) is 31.0 Å². The molecule has 4 amide bonds. The number of carbonyl (C=O) groups is 3. The Labute approximate surface area is 141 Å². The molecule has 1 aliphatic heterocycles. The first-order chi connectivity index (χ1) is 11.6. The fourth-order valence-corrected chi connectivity index (χ4v) is 2.49. The highest BCUT2D eigenvalue weighted by Crippen LogP contribution is 2.26. The lowest BCUT2D eigenvalue weighted by atomic mass is 10.1. The van der Waals surface area contributed by atoms with Crippen LogP contribution >= 0.6 is 0 Å². The number of amides is 4. The summed E-state index contributed by atoms with van der Waals surface area (Å²) in [6.45, 7) is 3.44. The van der Waals surface area contributed by atoms with Crippen LogP contribution in [0.2, 0.25) is 0 Å². The van der Waals surface area contributed by atoms with E-state index >= 15 is 0 Å². The molecule has 0 spiro atoms. The summed E-state index contributed by atoms with van der Waals surface area (Å²) in [5.74, 6) is -0.633. The number of methoxy groups -OCH3 is 1. The third kappa shape index (κ3) is 4.11. The third-order valence-corrected chi connectivity index (χ3v) is 3.77. The van der Waals surface area contributed by atoms with E-state index in [0.717, 1.165) is 12.8 Å². The van der Waals surface area contributed by atoms with Crippen molar-refractivity contribution in [2.75, 3.05) is 32.1 Å². The summed E-state index contributed by atoms with van der Waals surface area (Å²) < 4.78 is 4.95. The van der Waals surface area contributed by atoms with E-state index in [1.165, 1.54) is 4.90 Å². The molecule has 0 atom stereocenters. The Morgan fingerprint density at radius 1 is 1.17 bits per heavy atom. The largest absolute Gasteiger partial charge is 0.385 e. The highest BCUT2D eigenvalue weighted by molar-refractivity contribution is 6.21. The van der Waals surface area contributed by atoms with E-state index in [0.29, 0.717) is 42.9 Å². The molecule has 2 N–H and O–H groups in total. The van der Waals surface area contributed by atoms with Gasteiger partial charge >= 0.3 is 6.03 Å². The van der Waals surface area contributed by atoms with Crippen LogP contribution in [0.5, 0.6) is 0 Å². The standard InChI is InChI=1S/C17H23N3O4/c1-3-4-8-18-17(23)19-12-6-7-13-14(11-12)16(22)20(15(13)21)9-5-10-24-2/h6-7,11H,3-5,8-10H2,1-2H3,(H2,18,19,23). The van der Waals surface area contributed by atoms with Crippen LogP contribution in [-0.2, 0) is 4.74 Å². The average Bonchev–Trinajstić information content (AvgIpc) is 2.80. The normalized spacial score (nSPS) is 13.2. The van der Waals surface area contributed by atoms with Gasteiger partial charge in [0.15, 0.2) is 0 Å². The lowest BCUT2D eigenvalue weighted by molar-refractivity contribution is 0.0638. The summed E-state index contributed by atoms with van der Waals surface area (Å²) >= 11 is 0. The van der Waals surface area contributed by atoms with Crippen LogP contribution in [0.15, 0.2) is 18.2 Å². The number of nitrogens with zero attached hydrogens (tertiary/aromatic N) is 1. The van der Waals surface area contributed by atoms with Gasteiger partial charge in [0.1, 0.15) is 0 Å². The number of urea groups is 1. The number of carbonyl (C=O) groups excluding carboxylic acids is 3. The van der Waals surface area contributed by atoms with Crippen molar-refractivity contribution in [3.05, 3.63) is 29.3 Å². The number of ether oxygens (including phenoxy) is 1. The molecule has 1 aliphatic rings. The Morgan fingerprint density at radius 3 is 2.62 bits per heavy atom. The molecule has 1 aromatic rings. The lowest BCUT2D eigenvalue weighted by Gasteiger charge is -2.12. The molecule has 1 heterocycles. The van der Waals surface area contributed by atoms with Crippen LogP contribution in [0.25, 0.3) is 0 Å². The fourth-order valence-electron chi connectivity index (χ4n) is 2.49. The smallest absolute Gasteiger partial charge is 0.319 e. The van der Waals surface area contributed by atoms with E-state index in [2.05, 4.69) is 10.6 Å². The maximum atomic E-state index is 12.4. The van der Waals surface area contributed by atoms with Crippen LogP contribution in [0.1, 0.15) is 46.9 Å². The molecule has 7 nitrogen and oxygen atoms in total. The van der Waals surface area contributed by atoms with Gasteiger partial charge in [-0.15, -0.1) is 0 Å². The zero-order chi connectivity index (χ0) is 17.5. The Bertz CT molecular complexity index is 630. The average molecular weight is 333 g/mol. The van der Waals surface area contributed by atoms with Crippen molar-refractivity contribution >= 4 is 23.5 Å². The third-order valence-electron chi connectivity index (χ3n) is 3.77. The first-order valence-electron chi connectivity index (χ1n) is 8.12. The minimum absolute atomic E-state index is 0.301. The first kappa shape index (κ1) is 17.9. The van der Waals surface area contributed by atoms with Crippen LogP contribution in [0.3, 0.4) is 0 Å². The van der Waals surface area contributed by atoms with Crippen molar-refractivity contribution in [3.63, 3.8) is 0 Å². The molecule has 7 heteroatoms. The molecule has 0 saturated carbocycles. The summed E-state index contributed by atoms with van der Waals surface area (Å²) in [5.41, 5.74) is 1.18. The summed E-state index contributed by atoms with van der Waals surface area (Å²) in [4.78, 5) is 37.7. The highest BCUT2D eigenvalue weighted by atomic mass is 16.5. The molecular weight excluding hydrogens is 310 g/mol. The maximum Gasteiger partial charge on any atom is 0.319 e. The van der Waals surface area contributed by atoms with E-state index in [-0.39, 0.29) is 17.8 Å². The van der Waals surface area contributed by atoms with E-state index in [1.54, 1.807) is 25.3 Å². The van der Waals surface area contributed by atoms with Crippen molar-refractivity contribution in [1.29, 1.82) is 0 Å². The van der Waals surface area contributed by atoms with Crippen LogP contribution in [0, 0.1) is 0 Å². The number of fused-ring (bicyclic) bond motifs is 1. The summed E-state index contributed by atoms with van der Waals surface area (Å²) in [6, 6.07) is 4.43. The molecule has 0 aromatic heterocycles. The lowest BCUT2D eigenvalue weighted by Crippen LogP contribution is -2.31. The van der Waals surface area contributed by atoms with Gasteiger partial charge in [-0.2, -0.15) is 0 Å². The number of rotatable bonds is 8. The molecule has 2 rings (SSSR count). The van der Waals surface area contributed by atoms with Crippen molar-refractivity contribution in [2.45, 2.75) is 26.2 Å². The number of imide groups is 1. The number of hydrogen-bond donors (Lipinski definition) is 2. The zero-order valence-electron chi connectivity index (χ0n) is 14.1. The van der Waals surface area contributed by atoms with Crippen molar-refractivity contribution < 1.29 is 19.1 Å². The molecule has 0 radical (unpaired) electrons. The van der Waals surface area contributed by atoms with Gasteiger partial charge in [0.25, 0.3) is 11.8 Å². The molecule has 0 fully saturated rings. The summed E-state index contributed by atoms with van der Waals surface area (Å²) in [7, 11) is 1.58. The molecule has 0 bridgehead atoms. The number of anilines is 1. The second kappa shape index (κ2) is 8.44. The summed E-state index contributed by atoms with van der Waals surface area (Å²) in [5, 5.41) is 5.42. The molecule has 130 valence electrons. The Balaban J connectivity index is 2.03. The van der Waals surface area contributed by atoms with E-state index < -0.39 is 0 Å². The number of hydrogen-bond acceptors (Lipinski definition) is 4. The van der Waals surface area contributed by atoms with Crippen LogP contribution in [0.4, 0.5) is 10.5 Å². The van der Waals surface area contributed by atoms with E-state index in [9.17, 15) is 14.4 Å². The predicted molar refractivity (Wildman–Crippen MR) is 90.2 cm³/mol. The minimum atomic E-state index is -0.332. The van der Waals surface area contributed by atoms with Gasteiger partial charge in [-0.3, -0.25) is 14.5 Å². The van der Waals surface area contributed by atoms with Gasteiger partial charge in [0.05, 0.1) is 11.1 Å². The maximum absolute atomic E-state index is 12.4. The monoisotopic (exact) mass is 333 g/mol. The number of benzene rings is 1. The van der Waals surface area contributed by atoms with E-state index in [1.807, 2.05) is 6.92 Å². The van der Waals surface area contributed by atoms with Gasteiger partial charge < -0.3 is 15.4 Å². The summed E-state index contributed by atoms with van der Waals surface area (Å²) in [6.07, 6.45) is 2.49. The quantitative estimate of drug-likeness (QED) is 0.564. The van der Waals surface area contributed by atoms with Gasteiger partial charge in [-0.25, -0.2) is 4.79 Å². The SMILES string of the molecule is CCCCNC(=O)Nc1ccc2c(c1)C(=O)N(CCCOC)C2=O. The second-order valence-electron chi connectivity index (χ2n) is 5.60. The first-order valence-corrected chi connectivity index (χ1v) is 8.12. The van der Waals surface area contributed by atoms with Crippen molar-refractivity contribution in [1.82, 2.24) is 10.2 Å². The number of unbranched alkanes of at least 4 members (excludes halogenated alkanes) is 1. The van der Waals surface area contributed by atoms with Gasteiger partial charge in [-0.1, -0.05) is 13.3 Å². The van der Waals surface area contributed by atoms with Gasteiger partial charge in [0, 0.05) is 32.5 Å². The predicted octanol–water partition coefficient (Wildman–Crippen LogP) is 2.24. The molecule has 0 saturated heterocycles. The van der Waals surface area contributed by atoms with Crippen molar-refractivity contribution in [3.8, 4) is 0 Å². The zero-order valence-corrected chi connectivity index (χ0v) is 14.1. The highest BCUT2D eigenvalue weighted by Gasteiger charge is 2.35. The second-order valence-corrected chi connectivity index (χ2v) is 5.60. The number of nitrogens with one attached hydrogen (secondary N) is 2. The Morgan fingerprint density at radius 2 is 1.92 bits per heavy atom. The minimum Gasteiger partial charge on any atom is -0.385 e. The van der Waals surface area contributed by atoms with Gasteiger partial charge in [0.2, 0.25) is 0 Å². The molecule has 0 unspecified atom stereocenters. The fraction of sp³-hybridized carbons (Fsp3) is 0.471. The van der Waals surface area contributed by atoms with Crippen molar-refractivity contribution in [2.24, 2.45) is 0 Å². The molecular formula is C17H23N3O4. The Kier molecular flexibility index (Phi) is 6.31. The van der Waals surface area contributed by atoms with Crippen LogP contribution < -0.4 is 10.6 Å². The topological polar surface area (TPSA) is 87.7 Å². The van der Waals surface area contributed by atoms with E-state index in [4.69, 9.17) is 4.74 Å². The molecule has 1 aromatic carbocycles. The Hall–Kier alpha value is -2.41. The molecule has 24 heavy (non-hydrogen) atoms. The van der Waals surface area contributed by atoms with Crippen LogP contribution in [-0.4, -0.2) is 49.6 Å².